The van der Waals surface area contributed by atoms with Crippen LogP contribution in [-0.4, -0.2) is 62.4 Å². The minimum absolute atomic E-state index is 0.0540. The van der Waals surface area contributed by atoms with Crippen molar-refractivity contribution in [3.63, 3.8) is 0 Å². The van der Waals surface area contributed by atoms with E-state index in [4.69, 9.17) is 9.47 Å². The number of rotatable bonds is 9. The molecule has 5 nitrogen and oxygen atoms in total. The molecule has 2 rings (SSSR count). The Morgan fingerprint density at radius 3 is 2.73 bits per heavy atom. The van der Waals surface area contributed by atoms with E-state index in [9.17, 15) is 4.79 Å². The molecule has 0 aromatic carbocycles. The van der Waals surface area contributed by atoms with E-state index < -0.39 is 0 Å². The highest BCUT2D eigenvalue weighted by Gasteiger charge is 2.42. The fourth-order valence-electron chi connectivity index (χ4n) is 4.15. The highest BCUT2D eigenvalue weighted by molar-refractivity contribution is 5.77. The van der Waals surface area contributed by atoms with Crippen LogP contribution >= 0.6 is 0 Å². The van der Waals surface area contributed by atoms with E-state index >= 15 is 0 Å². The molecule has 5 heteroatoms. The van der Waals surface area contributed by atoms with Crippen LogP contribution in [0.25, 0.3) is 0 Å². The number of methoxy groups -OCH3 is 1. The maximum Gasteiger partial charge on any atom is 0.246 e. The molecular formula is C21H38N2O3. The SMILES string of the molecule is COCC(=O)NCC1CCC2(CCN(CC(C)CCC=C(C)C)CC2)O1. The second kappa shape index (κ2) is 10.4. The molecule has 1 amide bonds. The summed E-state index contributed by atoms with van der Waals surface area (Å²) in [6.45, 7) is 10.9. The van der Waals surface area contributed by atoms with E-state index in [1.165, 1.54) is 32.1 Å². The first-order chi connectivity index (χ1) is 12.4. The standard InChI is InChI=1S/C21H38N2O3/c1-17(2)6-5-7-18(3)15-23-12-10-21(11-13-23)9-8-19(26-21)14-22-20(24)16-25-4/h6,18-19H,5,7-16H2,1-4H3,(H,22,24). The molecule has 0 bridgehead atoms. The van der Waals surface area contributed by atoms with Gasteiger partial charge in [0.25, 0.3) is 0 Å². The quantitative estimate of drug-likeness (QED) is 0.637. The minimum Gasteiger partial charge on any atom is -0.375 e. The van der Waals surface area contributed by atoms with E-state index in [1.807, 2.05) is 0 Å². The van der Waals surface area contributed by atoms with Crippen LogP contribution in [0.1, 0.15) is 59.3 Å². The van der Waals surface area contributed by atoms with Crippen LogP contribution in [0.15, 0.2) is 11.6 Å². The van der Waals surface area contributed by atoms with Crippen LogP contribution in [0.3, 0.4) is 0 Å². The Hall–Kier alpha value is -0.910. The fourth-order valence-corrected chi connectivity index (χ4v) is 4.15. The molecule has 0 saturated carbocycles. The maximum absolute atomic E-state index is 11.5. The first-order valence-electron chi connectivity index (χ1n) is 10.2. The lowest BCUT2D eigenvalue weighted by molar-refractivity contribution is -0.126. The van der Waals surface area contributed by atoms with Crippen LogP contribution < -0.4 is 5.32 Å². The third kappa shape index (κ3) is 7.01. The van der Waals surface area contributed by atoms with Crippen LogP contribution in [0.5, 0.6) is 0 Å². The van der Waals surface area contributed by atoms with Crippen molar-refractivity contribution in [2.75, 3.05) is 39.9 Å². The van der Waals surface area contributed by atoms with Crippen LogP contribution in [-0.2, 0) is 14.3 Å². The highest BCUT2D eigenvalue weighted by Crippen LogP contribution is 2.38. The molecule has 0 aromatic heterocycles. The van der Waals surface area contributed by atoms with Gasteiger partial charge in [-0.3, -0.25) is 4.79 Å². The van der Waals surface area contributed by atoms with Crippen molar-refractivity contribution in [1.82, 2.24) is 10.2 Å². The molecule has 1 N–H and O–H groups in total. The van der Waals surface area contributed by atoms with Gasteiger partial charge in [0.2, 0.25) is 5.91 Å². The summed E-state index contributed by atoms with van der Waals surface area (Å²) in [5.74, 6) is 0.682. The Bertz CT molecular complexity index is 466. The van der Waals surface area contributed by atoms with Gasteiger partial charge >= 0.3 is 0 Å². The summed E-state index contributed by atoms with van der Waals surface area (Å²) >= 11 is 0. The number of carbonyl (C=O) groups excluding carboxylic acids is 1. The Morgan fingerprint density at radius 1 is 1.35 bits per heavy atom. The third-order valence-electron chi connectivity index (χ3n) is 5.69. The van der Waals surface area contributed by atoms with E-state index in [1.54, 1.807) is 0 Å². The number of allylic oxidation sites excluding steroid dienone is 2. The van der Waals surface area contributed by atoms with Crippen molar-refractivity contribution in [3.8, 4) is 0 Å². The molecule has 2 heterocycles. The Balaban J connectivity index is 1.66. The number of hydrogen-bond acceptors (Lipinski definition) is 4. The van der Waals surface area contributed by atoms with Gasteiger partial charge in [0.05, 0.1) is 11.7 Å². The number of hydrogen-bond donors (Lipinski definition) is 1. The van der Waals surface area contributed by atoms with E-state index in [0.29, 0.717) is 6.54 Å². The van der Waals surface area contributed by atoms with Gasteiger partial charge in [0.1, 0.15) is 6.61 Å². The minimum atomic E-state index is -0.0611. The molecule has 2 fully saturated rings. The number of piperidine rings is 1. The zero-order chi connectivity index (χ0) is 19.0. The van der Waals surface area contributed by atoms with Crippen LogP contribution in [0.2, 0.25) is 0 Å². The summed E-state index contributed by atoms with van der Waals surface area (Å²) < 4.78 is 11.2. The number of carbonyl (C=O) groups is 1. The van der Waals surface area contributed by atoms with Gasteiger partial charge in [0.15, 0.2) is 0 Å². The van der Waals surface area contributed by atoms with Gasteiger partial charge in [0, 0.05) is 33.3 Å². The topological polar surface area (TPSA) is 50.8 Å². The highest BCUT2D eigenvalue weighted by atomic mass is 16.5. The molecule has 0 radical (unpaired) electrons. The third-order valence-corrected chi connectivity index (χ3v) is 5.69. The lowest BCUT2D eigenvalue weighted by Gasteiger charge is -2.40. The monoisotopic (exact) mass is 366 g/mol. The Kier molecular flexibility index (Phi) is 8.58. The van der Waals surface area contributed by atoms with Crippen molar-refractivity contribution in [2.24, 2.45) is 5.92 Å². The predicted molar refractivity (Wildman–Crippen MR) is 105 cm³/mol. The largest absolute Gasteiger partial charge is 0.375 e. The van der Waals surface area contributed by atoms with Crippen molar-refractivity contribution < 1.29 is 14.3 Å². The van der Waals surface area contributed by atoms with Crippen molar-refractivity contribution >= 4 is 5.91 Å². The normalized spacial score (nSPS) is 23.8. The van der Waals surface area contributed by atoms with E-state index in [0.717, 1.165) is 44.7 Å². The van der Waals surface area contributed by atoms with Gasteiger partial charge in [-0.15, -0.1) is 0 Å². The number of amides is 1. The smallest absolute Gasteiger partial charge is 0.246 e. The van der Waals surface area contributed by atoms with Gasteiger partial charge in [-0.2, -0.15) is 0 Å². The first-order valence-corrected chi connectivity index (χ1v) is 10.2. The Labute approximate surface area is 159 Å². The summed E-state index contributed by atoms with van der Waals surface area (Å²) in [6, 6.07) is 0. The molecule has 2 atom stereocenters. The molecule has 2 saturated heterocycles. The lowest BCUT2D eigenvalue weighted by atomic mass is 9.88. The fraction of sp³-hybridized carbons (Fsp3) is 0.857. The molecule has 0 aliphatic carbocycles. The molecule has 2 aliphatic rings. The average Bonchev–Trinajstić information content (AvgIpc) is 2.98. The number of likely N-dealkylation sites (tertiary alicyclic amines) is 1. The Morgan fingerprint density at radius 2 is 2.08 bits per heavy atom. The number of nitrogens with zero attached hydrogens (tertiary/aromatic N) is 1. The molecule has 26 heavy (non-hydrogen) atoms. The lowest BCUT2D eigenvalue weighted by Crippen LogP contribution is -2.46. The number of nitrogens with one attached hydrogen (secondary N) is 1. The van der Waals surface area contributed by atoms with Gasteiger partial charge < -0.3 is 19.7 Å². The zero-order valence-electron chi connectivity index (χ0n) is 17.2. The zero-order valence-corrected chi connectivity index (χ0v) is 17.2. The van der Waals surface area contributed by atoms with Crippen LogP contribution in [0.4, 0.5) is 0 Å². The van der Waals surface area contributed by atoms with Crippen LogP contribution in [0, 0.1) is 5.92 Å². The van der Waals surface area contributed by atoms with Crippen molar-refractivity contribution in [3.05, 3.63) is 11.6 Å². The summed E-state index contributed by atoms with van der Waals surface area (Å²) in [5.41, 5.74) is 1.47. The molecule has 2 unspecified atom stereocenters. The van der Waals surface area contributed by atoms with E-state index in [2.05, 4.69) is 37.1 Å². The second-order valence-corrected chi connectivity index (χ2v) is 8.46. The second-order valence-electron chi connectivity index (χ2n) is 8.46. The molecule has 150 valence electrons. The maximum atomic E-state index is 11.5. The summed E-state index contributed by atoms with van der Waals surface area (Å²) in [7, 11) is 1.54. The molecular weight excluding hydrogens is 328 g/mol. The summed E-state index contributed by atoms with van der Waals surface area (Å²) in [6.07, 6.45) is 9.39. The molecule has 2 aliphatic heterocycles. The summed E-state index contributed by atoms with van der Waals surface area (Å²) in [5, 5.41) is 2.91. The summed E-state index contributed by atoms with van der Waals surface area (Å²) in [4.78, 5) is 14.1. The van der Waals surface area contributed by atoms with Gasteiger partial charge in [-0.25, -0.2) is 0 Å². The van der Waals surface area contributed by atoms with Gasteiger partial charge in [-0.05, 0) is 58.3 Å². The van der Waals surface area contributed by atoms with Crippen molar-refractivity contribution in [2.45, 2.75) is 71.0 Å². The van der Waals surface area contributed by atoms with Gasteiger partial charge in [-0.1, -0.05) is 18.6 Å². The average molecular weight is 367 g/mol. The molecule has 1 spiro atoms. The molecule has 0 aromatic rings. The predicted octanol–water partition coefficient (Wildman–Crippen LogP) is 3.15. The van der Waals surface area contributed by atoms with Crippen molar-refractivity contribution in [1.29, 1.82) is 0 Å². The van der Waals surface area contributed by atoms with E-state index in [-0.39, 0.29) is 24.2 Å². The first kappa shape index (κ1) is 21.4. The number of ether oxygens (including phenoxy) is 2.